The van der Waals surface area contributed by atoms with Crippen LogP contribution in [0.2, 0.25) is 0 Å². The van der Waals surface area contributed by atoms with Gasteiger partial charge in [0, 0.05) is 15.6 Å². The van der Waals surface area contributed by atoms with Gasteiger partial charge in [0.15, 0.2) is 0 Å². The Bertz CT molecular complexity index is 851. The standard InChI is InChI=1S/C19H17NOS3/c21-18-17(10-14-9-13-3-1-2-4-16(13)23-14)24-19(22)20(18)15-8-11-5-6-12(15)7-11/h1-4,9-12,15H,5-8H2. The number of rotatable bonds is 2. The van der Waals surface area contributed by atoms with Crippen LogP contribution in [0, 0.1) is 11.8 Å². The lowest BCUT2D eigenvalue weighted by Crippen LogP contribution is -2.41. The number of fused-ring (bicyclic) bond motifs is 3. The van der Waals surface area contributed by atoms with Crippen molar-refractivity contribution in [2.45, 2.75) is 31.7 Å². The summed E-state index contributed by atoms with van der Waals surface area (Å²) in [5.74, 6) is 1.61. The van der Waals surface area contributed by atoms with E-state index in [1.165, 1.54) is 41.1 Å². The minimum absolute atomic E-state index is 0.125. The summed E-state index contributed by atoms with van der Waals surface area (Å²) in [6, 6.07) is 10.8. The summed E-state index contributed by atoms with van der Waals surface area (Å²) in [6.45, 7) is 0. The van der Waals surface area contributed by atoms with E-state index in [4.69, 9.17) is 12.2 Å². The topological polar surface area (TPSA) is 20.3 Å². The van der Waals surface area contributed by atoms with Crippen LogP contribution in [0.4, 0.5) is 0 Å². The van der Waals surface area contributed by atoms with Gasteiger partial charge in [-0.3, -0.25) is 9.69 Å². The SMILES string of the molecule is O=C1C(=Cc2cc3ccccc3s2)SC(=S)N1C1CC2CCC1C2. The molecule has 5 heteroatoms. The molecule has 1 amide bonds. The van der Waals surface area contributed by atoms with Crippen LogP contribution in [0.25, 0.3) is 16.2 Å². The zero-order chi connectivity index (χ0) is 16.3. The number of carbonyl (C=O) groups excluding carboxylic acids is 1. The second-order valence-electron chi connectivity index (χ2n) is 6.98. The maximum atomic E-state index is 13.0. The van der Waals surface area contributed by atoms with Gasteiger partial charge in [0.05, 0.1) is 4.91 Å². The lowest BCUT2D eigenvalue weighted by atomic mass is 9.94. The highest BCUT2D eigenvalue weighted by Crippen LogP contribution is 2.49. The number of benzene rings is 1. The molecule has 0 N–H and O–H groups in total. The Morgan fingerprint density at radius 3 is 2.83 bits per heavy atom. The van der Waals surface area contributed by atoms with Gasteiger partial charge in [-0.1, -0.05) is 48.6 Å². The molecular formula is C19H17NOS3. The average molecular weight is 372 g/mol. The summed E-state index contributed by atoms with van der Waals surface area (Å²) in [4.78, 5) is 16.8. The van der Waals surface area contributed by atoms with Crippen molar-refractivity contribution in [2.75, 3.05) is 0 Å². The number of carbonyl (C=O) groups is 1. The summed E-state index contributed by atoms with van der Waals surface area (Å²) in [5, 5.41) is 1.23. The number of thiophene rings is 1. The molecule has 1 saturated heterocycles. The summed E-state index contributed by atoms with van der Waals surface area (Å²) in [6.07, 6.45) is 7.07. The molecule has 3 aliphatic rings. The summed E-state index contributed by atoms with van der Waals surface area (Å²) >= 11 is 8.76. The van der Waals surface area contributed by atoms with Crippen LogP contribution in [-0.4, -0.2) is 21.2 Å². The zero-order valence-electron chi connectivity index (χ0n) is 13.1. The fraction of sp³-hybridized carbons (Fsp3) is 0.368. The third-order valence-corrected chi connectivity index (χ3v) is 7.97. The molecule has 1 aromatic carbocycles. The minimum atomic E-state index is 0.125. The first-order chi connectivity index (χ1) is 11.7. The maximum absolute atomic E-state index is 13.0. The third-order valence-electron chi connectivity index (χ3n) is 5.57. The van der Waals surface area contributed by atoms with E-state index in [9.17, 15) is 4.79 Å². The molecule has 1 aliphatic heterocycles. The molecule has 3 atom stereocenters. The lowest BCUT2D eigenvalue weighted by molar-refractivity contribution is -0.124. The number of hydrogen-bond donors (Lipinski definition) is 0. The van der Waals surface area contributed by atoms with E-state index < -0.39 is 0 Å². The normalized spacial score (nSPS) is 31.1. The minimum Gasteiger partial charge on any atom is -0.289 e. The van der Waals surface area contributed by atoms with E-state index in [-0.39, 0.29) is 5.91 Å². The van der Waals surface area contributed by atoms with Gasteiger partial charge >= 0.3 is 0 Å². The van der Waals surface area contributed by atoms with Crippen molar-refractivity contribution in [3.05, 3.63) is 40.1 Å². The highest BCUT2D eigenvalue weighted by Gasteiger charge is 2.47. The summed E-state index contributed by atoms with van der Waals surface area (Å²) in [5.41, 5.74) is 0. The molecule has 122 valence electrons. The molecule has 2 bridgehead atoms. The van der Waals surface area contributed by atoms with Crippen molar-refractivity contribution in [1.29, 1.82) is 0 Å². The molecular weight excluding hydrogens is 354 g/mol. The van der Waals surface area contributed by atoms with E-state index in [1.54, 1.807) is 11.3 Å². The van der Waals surface area contributed by atoms with Gasteiger partial charge in [-0.2, -0.15) is 0 Å². The second kappa shape index (κ2) is 5.68. The first kappa shape index (κ1) is 15.1. The van der Waals surface area contributed by atoms with Crippen molar-refractivity contribution in [3.8, 4) is 0 Å². The van der Waals surface area contributed by atoms with Crippen LogP contribution in [0.1, 0.15) is 30.6 Å². The second-order valence-corrected chi connectivity index (χ2v) is 9.77. The molecule has 5 rings (SSSR count). The highest BCUT2D eigenvalue weighted by molar-refractivity contribution is 8.26. The Labute approximate surface area is 154 Å². The van der Waals surface area contributed by atoms with Crippen LogP contribution in [-0.2, 0) is 4.79 Å². The maximum Gasteiger partial charge on any atom is 0.266 e. The Balaban J connectivity index is 1.45. The van der Waals surface area contributed by atoms with E-state index in [2.05, 4.69) is 24.3 Å². The molecule has 2 aromatic rings. The van der Waals surface area contributed by atoms with E-state index in [0.29, 0.717) is 12.0 Å². The number of hydrogen-bond acceptors (Lipinski definition) is 4. The van der Waals surface area contributed by atoms with Crippen LogP contribution in [0.15, 0.2) is 35.2 Å². The first-order valence-electron chi connectivity index (χ1n) is 8.45. The monoisotopic (exact) mass is 371 g/mol. The van der Waals surface area contributed by atoms with E-state index >= 15 is 0 Å². The van der Waals surface area contributed by atoms with Crippen LogP contribution in [0.3, 0.4) is 0 Å². The van der Waals surface area contributed by atoms with Gasteiger partial charge in [-0.15, -0.1) is 11.3 Å². The molecule has 2 aliphatic carbocycles. The van der Waals surface area contributed by atoms with Gasteiger partial charge in [0.1, 0.15) is 4.32 Å². The molecule has 0 radical (unpaired) electrons. The molecule has 0 spiro atoms. The largest absolute Gasteiger partial charge is 0.289 e. The van der Waals surface area contributed by atoms with Crippen molar-refractivity contribution in [3.63, 3.8) is 0 Å². The van der Waals surface area contributed by atoms with Gasteiger partial charge in [0.2, 0.25) is 0 Å². The third kappa shape index (κ3) is 2.37. The molecule has 2 nitrogen and oxygen atoms in total. The van der Waals surface area contributed by atoms with Crippen molar-refractivity contribution in [2.24, 2.45) is 11.8 Å². The summed E-state index contributed by atoms with van der Waals surface area (Å²) < 4.78 is 2.01. The quantitative estimate of drug-likeness (QED) is 0.528. The predicted molar refractivity (Wildman–Crippen MR) is 106 cm³/mol. The number of amides is 1. The average Bonchev–Trinajstić information content (AvgIpc) is 3.31. The molecule has 2 heterocycles. The Morgan fingerprint density at radius 2 is 2.08 bits per heavy atom. The Morgan fingerprint density at radius 1 is 1.21 bits per heavy atom. The Kier molecular flexibility index (Phi) is 3.58. The van der Waals surface area contributed by atoms with E-state index in [0.717, 1.165) is 26.4 Å². The summed E-state index contributed by atoms with van der Waals surface area (Å²) in [7, 11) is 0. The van der Waals surface area contributed by atoms with Gasteiger partial charge in [-0.25, -0.2) is 0 Å². The number of thioether (sulfide) groups is 1. The molecule has 24 heavy (non-hydrogen) atoms. The van der Waals surface area contributed by atoms with Crippen LogP contribution >= 0.6 is 35.3 Å². The predicted octanol–water partition coefficient (Wildman–Crippen LogP) is 5.29. The first-order valence-corrected chi connectivity index (χ1v) is 10.5. The number of thiocarbonyl (C=S) groups is 1. The van der Waals surface area contributed by atoms with Crippen molar-refractivity contribution >= 4 is 61.7 Å². The van der Waals surface area contributed by atoms with Gasteiger partial charge < -0.3 is 0 Å². The van der Waals surface area contributed by atoms with Crippen molar-refractivity contribution < 1.29 is 4.79 Å². The van der Waals surface area contributed by atoms with Gasteiger partial charge in [0.25, 0.3) is 5.91 Å². The fourth-order valence-corrected chi connectivity index (χ4v) is 6.94. The number of nitrogens with zero attached hydrogens (tertiary/aromatic N) is 1. The molecule has 3 unspecified atom stereocenters. The van der Waals surface area contributed by atoms with Crippen LogP contribution < -0.4 is 0 Å². The lowest BCUT2D eigenvalue weighted by Gasteiger charge is -2.30. The highest BCUT2D eigenvalue weighted by atomic mass is 32.2. The zero-order valence-corrected chi connectivity index (χ0v) is 15.6. The molecule has 2 saturated carbocycles. The van der Waals surface area contributed by atoms with Crippen molar-refractivity contribution in [1.82, 2.24) is 4.90 Å². The fourth-order valence-electron chi connectivity index (χ4n) is 4.50. The van der Waals surface area contributed by atoms with E-state index in [1.807, 2.05) is 17.0 Å². The van der Waals surface area contributed by atoms with Crippen LogP contribution in [0.5, 0.6) is 0 Å². The molecule has 3 fully saturated rings. The Hall–Kier alpha value is -1.17. The smallest absolute Gasteiger partial charge is 0.266 e. The van der Waals surface area contributed by atoms with Gasteiger partial charge in [-0.05, 0) is 54.7 Å². The molecule has 1 aromatic heterocycles.